The molecule has 1 atom stereocenters. The number of benzene rings is 1. The Balaban J connectivity index is 2.42. The van der Waals surface area contributed by atoms with Crippen LogP contribution in [0.25, 0.3) is 0 Å². The van der Waals surface area contributed by atoms with Crippen molar-refractivity contribution in [1.82, 2.24) is 0 Å². The molecule has 0 radical (unpaired) electrons. The van der Waals surface area contributed by atoms with Gasteiger partial charge in [-0.25, -0.2) is 4.39 Å². The van der Waals surface area contributed by atoms with Crippen molar-refractivity contribution < 1.29 is 13.9 Å². The molecule has 0 saturated heterocycles. The predicted molar refractivity (Wildman–Crippen MR) is 61.7 cm³/mol. The molecule has 0 saturated carbocycles. The first-order valence-corrected chi connectivity index (χ1v) is 5.92. The van der Waals surface area contributed by atoms with Gasteiger partial charge in [0.2, 0.25) is 0 Å². The first-order chi connectivity index (χ1) is 7.63. The minimum atomic E-state index is -0.673. The number of rotatable bonds is 5. The summed E-state index contributed by atoms with van der Waals surface area (Å²) in [5, 5.41) is 0. The molecule has 0 amide bonds. The Kier molecular flexibility index (Phi) is 5.28. The number of hydrogen-bond donors (Lipinski definition) is 1. The van der Waals surface area contributed by atoms with Crippen molar-refractivity contribution in [3.8, 4) is 0 Å². The highest BCUT2D eigenvalue weighted by Gasteiger charge is 2.14. The Morgan fingerprint density at radius 1 is 1.62 bits per heavy atom. The van der Waals surface area contributed by atoms with Crippen molar-refractivity contribution in [2.45, 2.75) is 17.9 Å². The van der Waals surface area contributed by atoms with Crippen LogP contribution in [0.4, 0.5) is 4.39 Å². The van der Waals surface area contributed by atoms with E-state index in [1.165, 1.54) is 23.9 Å². The third-order valence-corrected chi connectivity index (χ3v) is 2.93. The lowest BCUT2D eigenvalue weighted by Gasteiger charge is -2.09. The maximum atomic E-state index is 12.8. The van der Waals surface area contributed by atoms with Crippen LogP contribution in [0.3, 0.4) is 0 Å². The lowest BCUT2D eigenvalue weighted by Crippen LogP contribution is -2.34. The van der Waals surface area contributed by atoms with Gasteiger partial charge in [-0.1, -0.05) is 6.07 Å². The quantitative estimate of drug-likeness (QED) is 0.633. The van der Waals surface area contributed by atoms with Gasteiger partial charge in [0.25, 0.3) is 0 Å². The van der Waals surface area contributed by atoms with Gasteiger partial charge in [-0.2, -0.15) is 0 Å². The number of hydrogen-bond acceptors (Lipinski definition) is 4. The zero-order valence-corrected chi connectivity index (χ0v) is 9.80. The molecule has 0 fully saturated rings. The Bertz CT molecular complexity index is 360. The highest BCUT2D eigenvalue weighted by Crippen LogP contribution is 2.19. The zero-order valence-electron chi connectivity index (χ0n) is 8.98. The second-order valence-electron chi connectivity index (χ2n) is 3.13. The summed E-state index contributed by atoms with van der Waals surface area (Å²) in [5.41, 5.74) is 5.60. The SMILES string of the molecule is CCOC(=O)C(N)CSc1cccc(F)c1. The van der Waals surface area contributed by atoms with Crippen LogP contribution >= 0.6 is 11.8 Å². The average Bonchev–Trinajstić information content (AvgIpc) is 2.26. The number of thioether (sulfide) groups is 1. The molecule has 0 spiro atoms. The van der Waals surface area contributed by atoms with Gasteiger partial charge in [0.1, 0.15) is 11.9 Å². The highest BCUT2D eigenvalue weighted by atomic mass is 32.2. The molecule has 16 heavy (non-hydrogen) atoms. The molecule has 3 nitrogen and oxygen atoms in total. The van der Waals surface area contributed by atoms with Crippen molar-refractivity contribution >= 4 is 17.7 Å². The maximum absolute atomic E-state index is 12.8. The summed E-state index contributed by atoms with van der Waals surface area (Å²) < 4.78 is 17.6. The molecule has 2 N–H and O–H groups in total. The van der Waals surface area contributed by atoms with Gasteiger partial charge in [0.05, 0.1) is 6.61 Å². The first-order valence-electron chi connectivity index (χ1n) is 4.94. The Labute approximate surface area is 98.2 Å². The van der Waals surface area contributed by atoms with E-state index in [9.17, 15) is 9.18 Å². The summed E-state index contributed by atoms with van der Waals surface area (Å²) in [6, 6.07) is 5.49. The fraction of sp³-hybridized carbons (Fsp3) is 0.364. The molecule has 0 aromatic heterocycles. The number of esters is 1. The standard InChI is InChI=1S/C11H14FNO2S/c1-2-15-11(14)10(13)7-16-9-5-3-4-8(12)6-9/h3-6,10H,2,7,13H2,1H3. The van der Waals surface area contributed by atoms with Crippen LogP contribution in [-0.2, 0) is 9.53 Å². The number of carbonyl (C=O) groups is 1. The molecular weight excluding hydrogens is 229 g/mol. The normalized spacial score (nSPS) is 12.2. The van der Waals surface area contributed by atoms with Crippen molar-refractivity contribution in [2.24, 2.45) is 5.73 Å². The van der Waals surface area contributed by atoms with Gasteiger partial charge in [0.15, 0.2) is 0 Å². The first kappa shape index (κ1) is 13.0. The third-order valence-electron chi connectivity index (χ3n) is 1.81. The molecular formula is C11H14FNO2S. The molecule has 0 bridgehead atoms. The molecule has 1 aromatic rings. The summed E-state index contributed by atoms with van der Waals surface area (Å²) >= 11 is 1.33. The van der Waals surface area contributed by atoms with Crippen molar-refractivity contribution in [2.75, 3.05) is 12.4 Å². The number of carbonyl (C=O) groups excluding carboxylic acids is 1. The number of halogens is 1. The molecule has 88 valence electrons. The van der Waals surface area contributed by atoms with E-state index in [0.717, 1.165) is 4.90 Å². The Morgan fingerprint density at radius 3 is 3.00 bits per heavy atom. The van der Waals surface area contributed by atoms with E-state index < -0.39 is 12.0 Å². The molecule has 5 heteroatoms. The van der Waals surface area contributed by atoms with E-state index in [-0.39, 0.29) is 5.82 Å². The van der Waals surface area contributed by atoms with Crippen molar-refractivity contribution in [3.05, 3.63) is 30.1 Å². The lowest BCUT2D eigenvalue weighted by atomic mass is 10.3. The molecule has 1 unspecified atom stereocenters. The van der Waals surface area contributed by atoms with Gasteiger partial charge in [-0.15, -0.1) is 11.8 Å². The smallest absolute Gasteiger partial charge is 0.323 e. The van der Waals surface area contributed by atoms with Crippen LogP contribution < -0.4 is 5.73 Å². The van der Waals surface area contributed by atoms with Crippen LogP contribution in [0.1, 0.15) is 6.92 Å². The van der Waals surface area contributed by atoms with Gasteiger partial charge in [-0.3, -0.25) is 4.79 Å². The third kappa shape index (κ3) is 4.20. The molecule has 0 aliphatic carbocycles. The zero-order chi connectivity index (χ0) is 12.0. The summed E-state index contributed by atoms with van der Waals surface area (Å²) in [7, 11) is 0. The van der Waals surface area contributed by atoms with Gasteiger partial charge >= 0.3 is 5.97 Å². The van der Waals surface area contributed by atoms with E-state index in [0.29, 0.717) is 12.4 Å². The summed E-state index contributed by atoms with van der Waals surface area (Å²) in [5.74, 6) is -0.344. The van der Waals surface area contributed by atoms with Crippen LogP contribution in [0.5, 0.6) is 0 Å². The van der Waals surface area contributed by atoms with E-state index in [4.69, 9.17) is 10.5 Å². The minimum Gasteiger partial charge on any atom is -0.465 e. The Hall–Kier alpha value is -1.07. The van der Waals surface area contributed by atoms with Crippen LogP contribution in [0.2, 0.25) is 0 Å². The van der Waals surface area contributed by atoms with E-state index >= 15 is 0 Å². The summed E-state index contributed by atoms with van der Waals surface area (Å²) in [6.07, 6.45) is 0. The van der Waals surface area contributed by atoms with E-state index in [1.54, 1.807) is 19.1 Å². The maximum Gasteiger partial charge on any atom is 0.323 e. The van der Waals surface area contributed by atoms with Crippen molar-refractivity contribution in [1.29, 1.82) is 0 Å². The molecule has 0 aliphatic heterocycles. The number of nitrogens with two attached hydrogens (primary N) is 1. The van der Waals surface area contributed by atoms with Crippen molar-refractivity contribution in [3.63, 3.8) is 0 Å². The fourth-order valence-corrected chi connectivity index (χ4v) is 1.94. The molecule has 1 rings (SSSR count). The topological polar surface area (TPSA) is 52.3 Å². The average molecular weight is 243 g/mol. The molecule has 0 heterocycles. The molecule has 1 aromatic carbocycles. The monoisotopic (exact) mass is 243 g/mol. The second-order valence-corrected chi connectivity index (χ2v) is 4.22. The summed E-state index contributed by atoms with van der Waals surface area (Å²) in [4.78, 5) is 11.9. The number of ether oxygens (including phenoxy) is 1. The van der Waals surface area contributed by atoms with E-state index in [2.05, 4.69) is 0 Å². The predicted octanol–water partition coefficient (Wildman–Crippen LogP) is 1.81. The largest absolute Gasteiger partial charge is 0.465 e. The van der Waals surface area contributed by atoms with Crippen LogP contribution in [-0.4, -0.2) is 24.4 Å². The molecule has 0 aliphatic rings. The van der Waals surface area contributed by atoms with Crippen LogP contribution in [0.15, 0.2) is 29.2 Å². The minimum absolute atomic E-state index is 0.297. The summed E-state index contributed by atoms with van der Waals surface area (Å²) in [6.45, 7) is 2.04. The van der Waals surface area contributed by atoms with Gasteiger partial charge in [0, 0.05) is 10.6 Å². The van der Waals surface area contributed by atoms with Gasteiger partial charge < -0.3 is 10.5 Å². The Morgan fingerprint density at radius 2 is 2.38 bits per heavy atom. The van der Waals surface area contributed by atoms with E-state index in [1.807, 2.05) is 0 Å². The second kappa shape index (κ2) is 6.50. The fourth-order valence-electron chi connectivity index (χ4n) is 1.06. The van der Waals surface area contributed by atoms with Crippen LogP contribution in [0, 0.1) is 5.82 Å². The van der Waals surface area contributed by atoms with Gasteiger partial charge in [-0.05, 0) is 25.1 Å². The highest BCUT2D eigenvalue weighted by molar-refractivity contribution is 7.99. The lowest BCUT2D eigenvalue weighted by molar-refractivity contribution is -0.144.